The zero-order valence-electron chi connectivity index (χ0n) is 11.5. The normalized spacial score (nSPS) is 12.7. The molecule has 4 N–H and O–H groups in total. The van der Waals surface area contributed by atoms with Crippen molar-refractivity contribution in [2.24, 2.45) is 5.92 Å². The van der Waals surface area contributed by atoms with E-state index in [9.17, 15) is 0 Å². The lowest BCUT2D eigenvalue weighted by Gasteiger charge is -2.15. The van der Waals surface area contributed by atoms with Crippen molar-refractivity contribution in [1.29, 1.82) is 0 Å². The maximum Gasteiger partial charge on any atom is 0.134 e. The van der Waals surface area contributed by atoms with Crippen LogP contribution in [-0.2, 0) is 0 Å². The van der Waals surface area contributed by atoms with Crippen molar-refractivity contribution >= 4 is 11.6 Å². The minimum Gasteiger partial charge on any atom is -0.396 e. The smallest absolute Gasteiger partial charge is 0.134 e. The second-order valence-electron chi connectivity index (χ2n) is 5.03. The minimum absolute atomic E-state index is 0.248. The molecule has 1 aromatic rings. The van der Waals surface area contributed by atoms with Gasteiger partial charge in [-0.05, 0) is 24.7 Å². The van der Waals surface area contributed by atoms with Crippen LogP contribution in [0.2, 0.25) is 0 Å². The zero-order chi connectivity index (χ0) is 13.5. The topological polar surface area (TPSA) is 84.1 Å². The van der Waals surface area contributed by atoms with Crippen LogP contribution >= 0.6 is 0 Å². The second-order valence-corrected chi connectivity index (χ2v) is 5.03. The van der Waals surface area contributed by atoms with Crippen LogP contribution < -0.4 is 11.1 Å². The number of anilines is 2. The Bertz CT molecular complexity index is 368. The molecule has 0 fully saturated rings. The quantitative estimate of drug-likeness (QED) is 0.646. The number of rotatable bonds is 7. The van der Waals surface area contributed by atoms with Crippen molar-refractivity contribution < 1.29 is 5.11 Å². The lowest BCUT2D eigenvalue weighted by molar-refractivity contribution is 0.229. The van der Waals surface area contributed by atoms with Gasteiger partial charge in [0.25, 0.3) is 0 Å². The number of nitrogens with zero attached hydrogens (tertiary/aromatic N) is 2. The molecule has 102 valence electrons. The molecule has 1 atom stereocenters. The van der Waals surface area contributed by atoms with Gasteiger partial charge in [0.05, 0.1) is 0 Å². The predicted octanol–water partition coefficient (Wildman–Crippen LogP) is 2.00. The van der Waals surface area contributed by atoms with E-state index in [0.29, 0.717) is 17.7 Å². The van der Waals surface area contributed by atoms with Crippen LogP contribution in [0, 0.1) is 5.92 Å². The molecule has 1 unspecified atom stereocenters. The molecule has 0 aliphatic carbocycles. The van der Waals surface area contributed by atoms with Crippen LogP contribution in [-0.4, -0.2) is 28.2 Å². The summed E-state index contributed by atoms with van der Waals surface area (Å²) in [6.07, 6.45) is 3.49. The fourth-order valence-electron chi connectivity index (χ4n) is 1.87. The first-order chi connectivity index (χ1) is 8.56. The summed E-state index contributed by atoms with van der Waals surface area (Å²) in [5, 5.41) is 12.2. The van der Waals surface area contributed by atoms with Crippen molar-refractivity contribution in [3.8, 4) is 0 Å². The number of aliphatic hydroxyl groups excluding tert-OH is 1. The Kier molecular flexibility index (Phi) is 5.85. The van der Waals surface area contributed by atoms with E-state index in [4.69, 9.17) is 10.8 Å². The Balaban J connectivity index is 2.54. The Hall–Kier alpha value is -1.36. The molecule has 0 amide bonds. The third-order valence-electron chi connectivity index (χ3n) is 2.97. The van der Waals surface area contributed by atoms with Crippen molar-refractivity contribution in [1.82, 2.24) is 9.97 Å². The van der Waals surface area contributed by atoms with Crippen LogP contribution in [0.4, 0.5) is 11.6 Å². The molecule has 0 aliphatic rings. The van der Waals surface area contributed by atoms with Gasteiger partial charge in [0.15, 0.2) is 0 Å². The van der Waals surface area contributed by atoms with Crippen molar-refractivity contribution in [2.45, 2.75) is 39.5 Å². The molecule has 1 aromatic heterocycles. The molecule has 0 spiro atoms. The molecule has 5 nitrogen and oxygen atoms in total. The Morgan fingerprint density at radius 2 is 2.06 bits per heavy atom. The van der Waals surface area contributed by atoms with Crippen molar-refractivity contribution in [3.63, 3.8) is 0 Å². The molecule has 0 aromatic carbocycles. The average molecular weight is 252 g/mol. The lowest BCUT2D eigenvalue weighted by Crippen LogP contribution is -2.11. The molecule has 0 aliphatic heterocycles. The van der Waals surface area contributed by atoms with Gasteiger partial charge in [-0.1, -0.05) is 20.8 Å². The van der Waals surface area contributed by atoms with Crippen LogP contribution in [0.15, 0.2) is 6.33 Å². The standard InChI is InChI=1S/C13H24N4O/c1-9(2)11-12(14)16-8-17-13(11)15-6-4-5-10(3)7-18/h8-10,18H,4-7H2,1-3H3,(H3,14,15,16,17). The van der Waals surface area contributed by atoms with Crippen LogP contribution in [0.1, 0.15) is 45.1 Å². The number of nitrogens with one attached hydrogen (secondary N) is 1. The molecule has 0 radical (unpaired) electrons. The highest BCUT2D eigenvalue weighted by Gasteiger charge is 2.12. The summed E-state index contributed by atoms with van der Waals surface area (Å²) >= 11 is 0. The molecule has 0 saturated heterocycles. The number of nitrogens with two attached hydrogens (primary N) is 1. The van der Waals surface area contributed by atoms with Crippen LogP contribution in [0.25, 0.3) is 0 Å². The first-order valence-corrected chi connectivity index (χ1v) is 6.51. The first kappa shape index (κ1) is 14.7. The third kappa shape index (κ3) is 4.14. The summed E-state index contributed by atoms with van der Waals surface area (Å²) in [5.74, 6) is 2.03. The van der Waals surface area contributed by atoms with Gasteiger partial charge in [0.1, 0.15) is 18.0 Å². The van der Waals surface area contributed by atoms with E-state index in [1.807, 2.05) is 6.92 Å². The summed E-state index contributed by atoms with van der Waals surface area (Å²) in [5.41, 5.74) is 6.85. The average Bonchev–Trinajstić information content (AvgIpc) is 2.33. The Morgan fingerprint density at radius 3 is 2.67 bits per heavy atom. The number of hydrogen-bond donors (Lipinski definition) is 3. The monoisotopic (exact) mass is 252 g/mol. The maximum absolute atomic E-state index is 8.95. The summed E-state index contributed by atoms with van der Waals surface area (Å²) in [7, 11) is 0. The van der Waals surface area contributed by atoms with E-state index in [1.54, 1.807) is 0 Å². The van der Waals surface area contributed by atoms with Gasteiger partial charge in [-0.25, -0.2) is 9.97 Å². The number of aromatic nitrogens is 2. The minimum atomic E-state index is 0.248. The molecule has 1 rings (SSSR count). The summed E-state index contributed by atoms with van der Waals surface area (Å²) in [6, 6.07) is 0. The van der Waals surface area contributed by atoms with Crippen molar-refractivity contribution in [2.75, 3.05) is 24.2 Å². The molecule has 18 heavy (non-hydrogen) atoms. The number of aliphatic hydroxyl groups is 1. The first-order valence-electron chi connectivity index (χ1n) is 6.51. The van der Waals surface area contributed by atoms with Crippen molar-refractivity contribution in [3.05, 3.63) is 11.9 Å². The van der Waals surface area contributed by atoms with E-state index in [-0.39, 0.29) is 6.61 Å². The SMILES string of the molecule is CC(CO)CCCNc1ncnc(N)c1C(C)C. The summed E-state index contributed by atoms with van der Waals surface area (Å²) in [4.78, 5) is 8.27. The highest BCUT2D eigenvalue weighted by molar-refractivity contribution is 5.56. The Labute approximate surface area is 109 Å². The van der Waals surface area contributed by atoms with Gasteiger partial charge in [-0.3, -0.25) is 0 Å². The fourth-order valence-corrected chi connectivity index (χ4v) is 1.87. The van der Waals surface area contributed by atoms with Gasteiger partial charge >= 0.3 is 0 Å². The maximum atomic E-state index is 8.95. The van der Waals surface area contributed by atoms with Gasteiger partial charge in [-0.15, -0.1) is 0 Å². The van der Waals surface area contributed by atoms with E-state index in [1.165, 1.54) is 6.33 Å². The highest BCUT2D eigenvalue weighted by Crippen LogP contribution is 2.26. The van der Waals surface area contributed by atoms with Gasteiger partial charge in [0, 0.05) is 18.7 Å². The predicted molar refractivity (Wildman–Crippen MR) is 74.5 cm³/mol. The van der Waals surface area contributed by atoms with E-state index in [2.05, 4.69) is 29.1 Å². The molecule has 0 bridgehead atoms. The van der Waals surface area contributed by atoms with Gasteiger partial charge < -0.3 is 16.2 Å². The van der Waals surface area contributed by atoms with E-state index >= 15 is 0 Å². The molecule has 1 heterocycles. The molecule has 5 heteroatoms. The fraction of sp³-hybridized carbons (Fsp3) is 0.692. The molecular weight excluding hydrogens is 228 g/mol. The van der Waals surface area contributed by atoms with E-state index < -0.39 is 0 Å². The van der Waals surface area contributed by atoms with E-state index in [0.717, 1.165) is 30.8 Å². The summed E-state index contributed by atoms with van der Waals surface area (Å²) in [6.45, 7) is 7.28. The van der Waals surface area contributed by atoms with Crippen LogP contribution in [0.5, 0.6) is 0 Å². The lowest BCUT2D eigenvalue weighted by atomic mass is 10.0. The summed E-state index contributed by atoms with van der Waals surface area (Å²) < 4.78 is 0. The second kappa shape index (κ2) is 7.16. The largest absolute Gasteiger partial charge is 0.396 e. The third-order valence-corrected chi connectivity index (χ3v) is 2.97. The highest BCUT2D eigenvalue weighted by atomic mass is 16.3. The van der Waals surface area contributed by atoms with Crippen LogP contribution in [0.3, 0.4) is 0 Å². The van der Waals surface area contributed by atoms with Gasteiger partial charge in [-0.2, -0.15) is 0 Å². The zero-order valence-corrected chi connectivity index (χ0v) is 11.5. The number of nitrogen functional groups attached to an aromatic ring is 1. The molecular formula is C13H24N4O. The van der Waals surface area contributed by atoms with Gasteiger partial charge in [0.2, 0.25) is 0 Å². The molecule has 0 saturated carbocycles. The number of hydrogen-bond acceptors (Lipinski definition) is 5. The Morgan fingerprint density at radius 1 is 1.33 bits per heavy atom.